The van der Waals surface area contributed by atoms with Gasteiger partial charge in [-0.1, -0.05) is 0 Å². The summed E-state index contributed by atoms with van der Waals surface area (Å²) in [6.07, 6.45) is 7.71. The summed E-state index contributed by atoms with van der Waals surface area (Å²) in [5.74, 6) is 1.82. The first-order chi connectivity index (χ1) is 6.16. The fraction of sp³-hybridized carbons (Fsp3) is 0.700. The van der Waals surface area contributed by atoms with Crippen LogP contribution in [0.5, 0.6) is 0 Å². The molecule has 0 aromatic carbocycles. The lowest BCUT2D eigenvalue weighted by Crippen LogP contribution is -2.27. The third kappa shape index (κ3) is 8.90. The van der Waals surface area contributed by atoms with Crippen molar-refractivity contribution in [1.82, 2.24) is 5.32 Å². The summed E-state index contributed by atoms with van der Waals surface area (Å²) in [7, 11) is 0. The normalized spacial score (nSPS) is 12.0. The van der Waals surface area contributed by atoms with E-state index in [0.29, 0.717) is 6.42 Å². The quantitative estimate of drug-likeness (QED) is 0.461. The summed E-state index contributed by atoms with van der Waals surface area (Å²) in [5, 5.41) is 11.6. The van der Waals surface area contributed by atoms with Crippen molar-refractivity contribution in [1.29, 1.82) is 0 Å². The molecule has 0 heterocycles. The van der Waals surface area contributed by atoms with E-state index in [1.165, 1.54) is 0 Å². The molecule has 0 bridgehead atoms. The molecule has 0 aliphatic rings. The van der Waals surface area contributed by atoms with Crippen molar-refractivity contribution < 1.29 is 9.90 Å². The van der Waals surface area contributed by atoms with Crippen molar-refractivity contribution in [2.24, 2.45) is 0 Å². The average Bonchev–Trinajstić information content (AvgIpc) is 2.09. The lowest BCUT2D eigenvalue weighted by Gasteiger charge is -2.11. The van der Waals surface area contributed by atoms with Crippen LogP contribution in [-0.2, 0) is 4.79 Å². The summed E-state index contributed by atoms with van der Waals surface area (Å²) < 4.78 is 0. The molecule has 1 unspecified atom stereocenters. The number of aliphatic carboxylic acids is 1. The monoisotopic (exact) mass is 183 g/mol. The van der Waals surface area contributed by atoms with Crippen LogP contribution in [0.1, 0.15) is 32.6 Å². The first kappa shape index (κ1) is 12.0. The Bertz CT molecular complexity index is 184. The maximum atomic E-state index is 10.2. The van der Waals surface area contributed by atoms with Gasteiger partial charge in [0.1, 0.15) is 0 Å². The fourth-order valence-corrected chi connectivity index (χ4v) is 0.981. The van der Waals surface area contributed by atoms with Crippen LogP contribution in [0.25, 0.3) is 0 Å². The third-order valence-corrected chi connectivity index (χ3v) is 1.78. The second-order valence-corrected chi connectivity index (χ2v) is 3.10. The summed E-state index contributed by atoms with van der Waals surface area (Å²) in [5.41, 5.74) is 0. The van der Waals surface area contributed by atoms with Crippen LogP contribution in [0.15, 0.2) is 0 Å². The average molecular weight is 183 g/mol. The number of rotatable bonds is 7. The molecule has 0 aromatic rings. The summed E-state index contributed by atoms with van der Waals surface area (Å²) in [6, 6.07) is 0.258. The van der Waals surface area contributed by atoms with Crippen molar-refractivity contribution in [3.8, 4) is 12.3 Å². The van der Waals surface area contributed by atoms with Gasteiger partial charge in [0.25, 0.3) is 0 Å². The number of hydrogen-bond acceptors (Lipinski definition) is 2. The van der Waals surface area contributed by atoms with Gasteiger partial charge in [0.05, 0.1) is 0 Å². The number of hydrogen-bond donors (Lipinski definition) is 2. The molecule has 0 fully saturated rings. The van der Waals surface area contributed by atoms with Gasteiger partial charge < -0.3 is 10.4 Å². The highest BCUT2D eigenvalue weighted by molar-refractivity contribution is 5.66. The Kier molecular flexibility index (Phi) is 7.04. The van der Waals surface area contributed by atoms with Gasteiger partial charge >= 0.3 is 5.97 Å². The third-order valence-electron chi connectivity index (χ3n) is 1.78. The van der Waals surface area contributed by atoms with Gasteiger partial charge in [-0.2, -0.15) is 0 Å². The lowest BCUT2D eigenvalue weighted by molar-refractivity contribution is -0.137. The van der Waals surface area contributed by atoms with E-state index in [1.54, 1.807) is 0 Å². The zero-order valence-electron chi connectivity index (χ0n) is 8.05. The fourth-order valence-electron chi connectivity index (χ4n) is 0.981. The molecule has 0 aliphatic heterocycles. The smallest absolute Gasteiger partial charge is 0.303 e. The van der Waals surface area contributed by atoms with Gasteiger partial charge in [0, 0.05) is 18.9 Å². The van der Waals surface area contributed by atoms with Crippen LogP contribution in [0.3, 0.4) is 0 Å². The molecule has 74 valence electrons. The van der Waals surface area contributed by atoms with Crippen LogP contribution >= 0.6 is 0 Å². The molecule has 0 spiro atoms. The molecule has 0 aromatic heterocycles. The highest BCUT2D eigenvalue weighted by atomic mass is 16.4. The molecule has 2 N–H and O–H groups in total. The molecule has 3 heteroatoms. The van der Waals surface area contributed by atoms with E-state index in [0.717, 1.165) is 19.4 Å². The summed E-state index contributed by atoms with van der Waals surface area (Å²) >= 11 is 0. The van der Waals surface area contributed by atoms with E-state index in [4.69, 9.17) is 11.5 Å². The molecular weight excluding hydrogens is 166 g/mol. The first-order valence-corrected chi connectivity index (χ1v) is 4.55. The van der Waals surface area contributed by atoms with Crippen LogP contribution in [-0.4, -0.2) is 23.7 Å². The standard InChI is InChI=1S/C10H17NO2/c1-3-4-5-8-11-9(2)6-7-10(12)13/h1,9,11H,4-8H2,2H3,(H,12,13). The van der Waals surface area contributed by atoms with E-state index in [1.807, 2.05) is 6.92 Å². The van der Waals surface area contributed by atoms with Gasteiger partial charge in [-0.05, 0) is 26.3 Å². The Balaban J connectivity index is 3.25. The van der Waals surface area contributed by atoms with Crippen LogP contribution in [0.2, 0.25) is 0 Å². The minimum absolute atomic E-state index is 0.226. The molecule has 0 radical (unpaired) electrons. The highest BCUT2D eigenvalue weighted by Crippen LogP contribution is 1.96. The summed E-state index contributed by atoms with van der Waals surface area (Å²) in [6.45, 7) is 2.85. The second-order valence-electron chi connectivity index (χ2n) is 3.10. The number of carboxylic acid groups (broad SMARTS) is 1. The zero-order valence-corrected chi connectivity index (χ0v) is 8.05. The predicted molar refractivity (Wildman–Crippen MR) is 52.4 cm³/mol. The van der Waals surface area contributed by atoms with Crippen molar-refractivity contribution in [2.75, 3.05) is 6.54 Å². The largest absolute Gasteiger partial charge is 0.481 e. The number of carbonyl (C=O) groups is 1. The van der Waals surface area contributed by atoms with E-state index < -0.39 is 5.97 Å². The number of carboxylic acids is 1. The molecule has 0 rings (SSSR count). The zero-order chi connectivity index (χ0) is 10.1. The van der Waals surface area contributed by atoms with Gasteiger partial charge in [0.2, 0.25) is 0 Å². The SMILES string of the molecule is C#CCCCNC(C)CCC(=O)O. The van der Waals surface area contributed by atoms with E-state index in [-0.39, 0.29) is 12.5 Å². The Morgan fingerprint density at radius 2 is 2.38 bits per heavy atom. The van der Waals surface area contributed by atoms with E-state index >= 15 is 0 Å². The molecule has 3 nitrogen and oxygen atoms in total. The molecule has 0 aliphatic carbocycles. The lowest BCUT2D eigenvalue weighted by atomic mass is 10.2. The maximum absolute atomic E-state index is 10.2. The van der Waals surface area contributed by atoms with Gasteiger partial charge in [-0.3, -0.25) is 4.79 Å². The minimum atomic E-state index is -0.739. The van der Waals surface area contributed by atoms with Crippen molar-refractivity contribution in [3.05, 3.63) is 0 Å². The molecule has 0 amide bonds. The van der Waals surface area contributed by atoms with E-state index in [9.17, 15) is 4.79 Å². The van der Waals surface area contributed by atoms with Crippen LogP contribution in [0.4, 0.5) is 0 Å². The van der Waals surface area contributed by atoms with Crippen molar-refractivity contribution >= 4 is 5.97 Å². The van der Waals surface area contributed by atoms with Crippen LogP contribution in [0, 0.1) is 12.3 Å². The van der Waals surface area contributed by atoms with Crippen molar-refractivity contribution in [2.45, 2.75) is 38.6 Å². The molecule has 0 saturated carbocycles. The number of unbranched alkanes of at least 4 members (excludes halogenated alkanes) is 1. The molecular formula is C10H17NO2. The van der Waals surface area contributed by atoms with Crippen molar-refractivity contribution in [3.63, 3.8) is 0 Å². The Morgan fingerprint density at radius 3 is 2.92 bits per heavy atom. The Morgan fingerprint density at radius 1 is 1.69 bits per heavy atom. The molecule has 1 atom stereocenters. The van der Waals surface area contributed by atoms with Gasteiger partial charge in [0.15, 0.2) is 0 Å². The Hall–Kier alpha value is -1.01. The van der Waals surface area contributed by atoms with Crippen LogP contribution < -0.4 is 5.32 Å². The van der Waals surface area contributed by atoms with Gasteiger partial charge in [-0.15, -0.1) is 12.3 Å². The minimum Gasteiger partial charge on any atom is -0.481 e. The van der Waals surface area contributed by atoms with E-state index in [2.05, 4.69) is 11.2 Å². The molecule has 0 saturated heterocycles. The maximum Gasteiger partial charge on any atom is 0.303 e. The highest BCUT2D eigenvalue weighted by Gasteiger charge is 2.03. The summed E-state index contributed by atoms with van der Waals surface area (Å²) in [4.78, 5) is 10.2. The van der Waals surface area contributed by atoms with Gasteiger partial charge in [-0.25, -0.2) is 0 Å². The Labute approximate surface area is 79.5 Å². The predicted octanol–water partition coefficient (Wildman–Crippen LogP) is 1.24. The number of nitrogens with one attached hydrogen (secondary N) is 1. The topological polar surface area (TPSA) is 49.3 Å². The molecule has 13 heavy (non-hydrogen) atoms. The first-order valence-electron chi connectivity index (χ1n) is 4.55. The number of terminal acetylenes is 1. The second kappa shape index (κ2) is 7.63.